The monoisotopic (exact) mass is 214 g/mol. The van der Waals surface area contributed by atoms with Gasteiger partial charge in [-0.3, -0.25) is 9.59 Å². The van der Waals surface area contributed by atoms with Crippen LogP contribution in [0.1, 0.15) is 26.2 Å². The van der Waals surface area contributed by atoms with Gasteiger partial charge < -0.3 is 15.7 Å². The van der Waals surface area contributed by atoms with Gasteiger partial charge in [0, 0.05) is 6.54 Å². The first-order valence-electron chi connectivity index (χ1n) is 5.35. The number of hydrogen-bond donors (Lipinski definition) is 3. The maximum atomic E-state index is 11.6. The lowest BCUT2D eigenvalue weighted by Gasteiger charge is -2.22. The van der Waals surface area contributed by atoms with Gasteiger partial charge in [-0.15, -0.1) is 0 Å². The van der Waals surface area contributed by atoms with Crippen LogP contribution in [-0.4, -0.2) is 36.1 Å². The molecule has 1 fully saturated rings. The van der Waals surface area contributed by atoms with Gasteiger partial charge in [-0.25, -0.2) is 0 Å². The highest BCUT2D eigenvalue weighted by molar-refractivity contribution is 5.82. The van der Waals surface area contributed by atoms with E-state index in [0.717, 1.165) is 25.8 Å². The molecule has 0 bridgehead atoms. The zero-order chi connectivity index (χ0) is 11.3. The third-order valence-electron chi connectivity index (χ3n) is 2.63. The number of carbonyl (C=O) groups excluding carboxylic acids is 1. The van der Waals surface area contributed by atoms with E-state index in [1.165, 1.54) is 0 Å². The second kappa shape index (κ2) is 5.70. The van der Waals surface area contributed by atoms with Crippen LogP contribution in [0.5, 0.6) is 0 Å². The smallest absolute Gasteiger partial charge is 0.308 e. The molecule has 5 heteroatoms. The molecule has 5 nitrogen and oxygen atoms in total. The van der Waals surface area contributed by atoms with Crippen molar-refractivity contribution in [2.75, 3.05) is 13.1 Å². The lowest BCUT2D eigenvalue weighted by Crippen LogP contribution is -2.47. The lowest BCUT2D eigenvalue weighted by atomic mass is 10.0. The predicted molar refractivity (Wildman–Crippen MR) is 55.5 cm³/mol. The van der Waals surface area contributed by atoms with E-state index in [0.29, 0.717) is 0 Å². The summed E-state index contributed by atoms with van der Waals surface area (Å²) in [7, 11) is 0. The molecule has 1 rings (SSSR count). The fraction of sp³-hybridized carbons (Fsp3) is 0.800. The predicted octanol–water partition coefficient (Wildman–Crippen LogP) is -0.0346. The van der Waals surface area contributed by atoms with Crippen molar-refractivity contribution in [2.24, 2.45) is 5.92 Å². The van der Waals surface area contributed by atoms with Gasteiger partial charge in [-0.2, -0.15) is 0 Å². The van der Waals surface area contributed by atoms with Crippen LogP contribution in [0.25, 0.3) is 0 Å². The number of amides is 1. The highest BCUT2D eigenvalue weighted by Crippen LogP contribution is 2.06. The van der Waals surface area contributed by atoms with Crippen LogP contribution in [0.2, 0.25) is 0 Å². The molecule has 0 aromatic heterocycles. The normalized spacial score (nSPS) is 23.1. The van der Waals surface area contributed by atoms with E-state index in [-0.39, 0.29) is 18.5 Å². The van der Waals surface area contributed by atoms with Gasteiger partial charge in [0.25, 0.3) is 0 Å². The van der Waals surface area contributed by atoms with Gasteiger partial charge in [0.1, 0.15) is 0 Å². The molecule has 0 aliphatic carbocycles. The molecule has 86 valence electrons. The van der Waals surface area contributed by atoms with Gasteiger partial charge in [0.15, 0.2) is 0 Å². The van der Waals surface area contributed by atoms with Crippen LogP contribution in [0.3, 0.4) is 0 Å². The second-order valence-electron chi connectivity index (χ2n) is 3.99. The van der Waals surface area contributed by atoms with Crippen molar-refractivity contribution < 1.29 is 14.7 Å². The fourth-order valence-electron chi connectivity index (χ4n) is 1.54. The molecule has 1 saturated heterocycles. The van der Waals surface area contributed by atoms with Crippen LogP contribution < -0.4 is 10.6 Å². The Balaban J connectivity index is 2.25. The van der Waals surface area contributed by atoms with Crippen LogP contribution >= 0.6 is 0 Å². The zero-order valence-electron chi connectivity index (χ0n) is 8.95. The summed E-state index contributed by atoms with van der Waals surface area (Å²) in [5.74, 6) is -1.49. The summed E-state index contributed by atoms with van der Waals surface area (Å²) >= 11 is 0. The lowest BCUT2D eigenvalue weighted by molar-refractivity contribution is -0.141. The number of hydrogen-bond acceptors (Lipinski definition) is 3. The molecule has 2 unspecified atom stereocenters. The van der Waals surface area contributed by atoms with E-state index in [1.807, 2.05) is 0 Å². The van der Waals surface area contributed by atoms with Crippen molar-refractivity contribution in [2.45, 2.75) is 32.2 Å². The van der Waals surface area contributed by atoms with Gasteiger partial charge in [0.2, 0.25) is 5.91 Å². The summed E-state index contributed by atoms with van der Waals surface area (Å²) in [5, 5.41) is 14.4. The fourth-order valence-corrected chi connectivity index (χ4v) is 1.54. The first-order valence-corrected chi connectivity index (χ1v) is 5.35. The van der Waals surface area contributed by atoms with Gasteiger partial charge in [-0.1, -0.05) is 13.3 Å². The van der Waals surface area contributed by atoms with Crippen LogP contribution in [0.15, 0.2) is 0 Å². The van der Waals surface area contributed by atoms with Crippen LogP contribution in [0, 0.1) is 5.92 Å². The van der Waals surface area contributed by atoms with Gasteiger partial charge in [-0.05, 0) is 19.4 Å². The van der Waals surface area contributed by atoms with Crippen molar-refractivity contribution in [1.82, 2.24) is 10.6 Å². The average molecular weight is 214 g/mol. The topological polar surface area (TPSA) is 78.4 Å². The SMILES string of the molecule is CC(CNC(=O)C1CCCCN1)C(=O)O. The summed E-state index contributed by atoms with van der Waals surface area (Å²) in [5.41, 5.74) is 0. The standard InChI is InChI=1S/C10H18N2O3/c1-7(10(14)15)6-12-9(13)8-4-2-3-5-11-8/h7-8,11H,2-6H2,1H3,(H,12,13)(H,14,15). The zero-order valence-corrected chi connectivity index (χ0v) is 8.95. The Morgan fingerprint density at radius 3 is 2.80 bits per heavy atom. The minimum absolute atomic E-state index is 0.0807. The van der Waals surface area contributed by atoms with Crippen LogP contribution in [0.4, 0.5) is 0 Å². The number of carboxylic acid groups (broad SMARTS) is 1. The maximum Gasteiger partial charge on any atom is 0.308 e. The summed E-state index contributed by atoms with van der Waals surface area (Å²) in [6, 6.07) is -0.139. The molecule has 2 atom stereocenters. The van der Waals surface area contributed by atoms with Crippen molar-refractivity contribution in [3.05, 3.63) is 0 Å². The number of nitrogens with one attached hydrogen (secondary N) is 2. The van der Waals surface area contributed by atoms with Crippen molar-refractivity contribution >= 4 is 11.9 Å². The Labute approximate surface area is 89.2 Å². The summed E-state index contributed by atoms with van der Waals surface area (Å²) in [6.45, 7) is 2.65. The maximum absolute atomic E-state index is 11.6. The van der Waals surface area contributed by atoms with E-state index in [4.69, 9.17) is 5.11 Å². The average Bonchev–Trinajstić information content (AvgIpc) is 2.26. The van der Waals surface area contributed by atoms with E-state index in [2.05, 4.69) is 10.6 Å². The van der Waals surface area contributed by atoms with Gasteiger partial charge in [0.05, 0.1) is 12.0 Å². The Kier molecular flexibility index (Phi) is 4.55. The minimum atomic E-state index is -0.882. The highest BCUT2D eigenvalue weighted by atomic mass is 16.4. The number of carboxylic acids is 1. The molecule has 1 heterocycles. The molecule has 0 aromatic rings. The third kappa shape index (κ3) is 3.87. The molecule has 0 spiro atoms. The molecular weight excluding hydrogens is 196 g/mol. The molecule has 1 aliphatic heterocycles. The molecule has 3 N–H and O–H groups in total. The number of carbonyl (C=O) groups is 2. The first-order chi connectivity index (χ1) is 7.11. The largest absolute Gasteiger partial charge is 0.481 e. The highest BCUT2D eigenvalue weighted by Gasteiger charge is 2.21. The third-order valence-corrected chi connectivity index (χ3v) is 2.63. The van der Waals surface area contributed by atoms with Crippen molar-refractivity contribution in [3.8, 4) is 0 Å². The Bertz CT molecular complexity index is 237. The summed E-state index contributed by atoms with van der Waals surface area (Å²) < 4.78 is 0. The number of aliphatic carboxylic acids is 1. The molecule has 1 aliphatic rings. The summed E-state index contributed by atoms with van der Waals surface area (Å²) in [4.78, 5) is 22.1. The first kappa shape index (κ1) is 12.0. The molecule has 0 radical (unpaired) electrons. The van der Waals surface area contributed by atoms with E-state index in [9.17, 15) is 9.59 Å². The number of piperidine rings is 1. The minimum Gasteiger partial charge on any atom is -0.481 e. The molecule has 15 heavy (non-hydrogen) atoms. The molecule has 1 amide bonds. The van der Waals surface area contributed by atoms with Crippen molar-refractivity contribution in [3.63, 3.8) is 0 Å². The van der Waals surface area contributed by atoms with E-state index < -0.39 is 11.9 Å². The van der Waals surface area contributed by atoms with Crippen LogP contribution in [-0.2, 0) is 9.59 Å². The Hall–Kier alpha value is -1.10. The second-order valence-corrected chi connectivity index (χ2v) is 3.99. The summed E-state index contributed by atoms with van der Waals surface area (Å²) in [6.07, 6.45) is 3.00. The quantitative estimate of drug-likeness (QED) is 0.614. The molecular formula is C10H18N2O3. The van der Waals surface area contributed by atoms with E-state index >= 15 is 0 Å². The van der Waals surface area contributed by atoms with Gasteiger partial charge >= 0.3 is 5.97 Å². The Morgan fingerprint density at radius 1 is 1.53 bits per heavy atom. The number of rotatable bonds is 4. The molecule has 0 aromatic carbocycles. The van der Waals surface area contributed by atoms with Crippen molar-refractivity contribution in [1.29, 1.82) is 0 Å². The Morgan fingerprint density at radius 2 is 2.27 bits per heavy atom. The van der Waals surface area contributed by atoms with E-state index in [1.54, 1.807) is 6.92 Å². The molecule has 0 saturated carbocycles.